The van der Waals surface area contributed by atoms with E-state index in [0.29, 0.717) is 18.0 Å². The van der Waals surface area contributed by atoms with Crippen molar-refractivity contribution < 1.29 is 4.74 Å². The zero-order valence-corrected chi connectivity index (χ0v) is 14.3. The van der Waals surface area contributed by atoms with E-state index in [-0.39, 0.29) is 0 Å². The van der Waals surface area contributed by atoms with Gasteiger partial charge in [-0.1, -0.05) is 31.5 Å². The summed E-state index contributed by atoms with van der Waals surface area (Å²) in [7, 11) is 1.71. The van der Waals surface area contributed by atoms with E-state index in [4.69, 9.17) is 16.3 Å². The monoisotopic (exact) mass is 310 g/mol. The van der Waals surface area contributed by atoms with Crippen LogP contribution in [0.3, 0.4) is 0 Å². The molecule has 1 aliphatic heterocycles. The summed E-state index contributed by atoms with van der Waals surface area (Å²) in [6.07, 6.45) is 1.19. The minimum Gasteiger partial charge on any atom is -0.496 e. The molecule has 4 heteroatoms. The van der Waals surface area contributed by atoms with E-state index in [1.54, 1.807) is 7.11 Å². The number of nitrogens with zero attached hydrogens (tertiary/aromatic N) is 1. The second kappa shape index (κ2) is 7.48. The predicted molar refractivity (Wildman–Crippen MR) is 89.1 cm³/mol. The Labute approximate surface area is 133 Å². The van der Waals surface area contributed by atoms with Crippen LogP contribution in [0.4, 0.5) is 0 Å². The van der Waals surface area contributed by atoms with Gasteiger partial charge >= 0.3 is 0 Å². The van der Waals surface area contributed by atoms with Gasteiger partial charge in [0.1, 0.15) is 5.75 Å². The maximum Gasteiger partial charge on any atom is 0.124 e. The molecule has 3 unspecified atom stereocenters. The van der Waals surface area contributed by atoms with E-state index < -0.39 is 0 Å². The van der Waals surface area contributed by atoms with E-state index in [2.05, 4.69) is 31.0 Å². The van der Waals surface area contributed by atoms with Crippen molar-refractivity contribution in [1.29, 1.82) is 0 Å². The Kier molecular flexibility index (Phi) is 5.91. The van der Waals surface area contributed by atoms with Crippen LogP contribution in [-0.4, -0.2) is 37.2 Å². The SMILES string of the molecule is CCNC1CCN(Cc2c(Cl)cccc2OC)C(C)C1C. The van der Waals surface area contributed by atoms with Gasteiger partial charge in [-0.3, -0.25) is 4.90 Å². The molecule has 1 N–H and O–H groups in total. The van der Waals surface area contributed by atoms with Crippen molar-refractivity contribution in [2.75, 3.05) is 20.2 Å². The Morgan fingerprint density at radius 1 is 1.38 bits per heavy atom. The Hall–Kier alpha value is -0.770. The summed E-state index contributed by atoms with van der Waals surface area (Å²) in [5.41, 5.74) is 1.10. The summed E-state index contributed by atoms with van der Waals surface area (Å²) in [6.45, 7) is 9.83. The predicted octanol–water partition coefficient (Wildman–Crippen LogP) is 3.56. The standard InChI is InChI=1S/C17H27ClN2O/c1-5-19-16-9-10-20(13(3)12(16)2)11-14-15(18)7-6-8-17(14)21-4/h6-8,12-13,16,19H,5,9-11H2,1-4H3. The molecule has 1 fully saturated rings. The molecule has 1 heterocycles. The van der Waals surface area contributed by atoms with Crippen LogP contribution in [-0.2, 0) is 6.54 Å². The third-order valence-electron chi connectivity index (χ3n) is 4.82. The van der Waals surface area contributed by atoms with Gasteiger partial charge in [0.15, 0.2) is 0 Å². The molecule has 0 aliphatic carbocycles. The van der Waals surface area contributed by atoms with Crippen LogP contribution in [0, 0.1) is 5.92 Å². The van der Waals surface area contributed by atoms with Crippen LogP contribution in [0.2, 0.25) is 5.02 Å². The molecular weight excluding hydrogens is 284 g/mol. The highest BCUT2D eigenvalue weighted by atomic mass is 35.5. The molecule has 0 saturated carbocycles. The molecule has 0 radical (unpaired) electrons. The number of methoxy groups -OCH3 is 1. The first-order valence-corrected chi connectivity index (χ1v) is 8.25. The fourth-order valence-electron chi connectivity index (χ4n) is 3.30. The number of likely N-dealkylation sites (tertiary alicyclic amines) is 1. The van der Waals surface area contributed by atoms with Crippen LogP contribution >= 0.6 is 11.6 Å². The summed E-state index contributed by atoms with van der Waals surface area (Å²) in [6, 6.07) is 7.02. The number of rotatable bonds is 5. The van der Waals surface area contributed by atoms with Crippen molar-refractivity contribution in [2.45, 2.75) is 45.8 Å². The third-order valence-corrected chi connectivity index (χ3v) is 5.18. The number of hydrogen-bond donors (Lipinski definition) is 1. The van der Waals surface area contributed by atoms with Crippen LogP contribution < -0.4 is 10.1 Å². The third kappa shape index (κ3) is 3.71. The minimum atomic E-state index is 0.531. The second-order valence-electron chi connectivity index (χ2n) is 5.94. The molecule has 1 aromatic rings. The molecule has 0 aromatic heterocycles. The van der Waals surface area contributed by atoms with E-state index >= 15 is 0 Å². The van der Waals surface area contributed by atoms with Crippen LogP contribution in [0.1, 0.15) is 32.8 Å². The highest BCUT2D eigenvalue weighted by Crippen LogP contribution is 2.31. The highest BCUT2D eigenvalue weighted by molar-refractivity contribution is 6.31. The summed E-state index contributed by atoms with van der Waals surface area (Å²) >= 11 is 6.37. The lowest BCUT2D eigenvalue weighted by atomic mass is 9.86. The van der Waals surface area contributed by atoms with Crippen molar-refractivity contribution in [3.8, 4) is 5.75 Å². The van der Waals surface area contributed by atoms with Gasteiger partial charge in [-0.05, 0) is 37.9 Å². The summed E-state index contributed by atoms with van der Waals surface area (Å²) in [5.74, 6) is 1.52. The van der Waals surface area contributed by atoms with E-state index in [9.17, 15) is 0 Å². The molecule has 1 saturated heterocycles. The number of ether oxygens (including phenoxy) is 1. The molecular formula is C17H27ClN2O. The van der Waals surface area contributed by atoms with Gasteiger partial charge in [0.25, 0.3) is 0 Å². The zero-order chi connectivity index (χ0) is 15.4. The maximum atomic E-state index is 6.37. The van der Waals surface area contributed by atoms with Crippen molar-refractivity contribution in [3.05, 3.63) is 28.8 Å². The van der Waals surface area contributed by atoms with Gasteiger partial charge in [0.2, 0.25) is 0 Å². The summed E-state index contributed by atoms with van der Waals surface area (Å²) in [4.78, 5) is 2.52. The van der Waals surface area contributed by atoms with Crippen molar-refractivity contribution in [3.63, 3.8) is 0 Å². The lowest BCUT2D eigenvalue weighted by Gasteiger charge is -2.43. The summed E-state index contributed by atoms with van der Waals surface area (Å²) < 4.78 is 5.47. The average Bonchev–Trinajstić information content (AvgIpc) is 2.48. The van der Waals surface area contributed by atoms with Crippen LogP contribution in [0.5, 0.6) is 5.75 Å². The number of benzene rings is 1. The van der Waals surface area contributed by atoms with Gasteiger partial charge < -0.3 is 10.1 Å². The van der Waals surface area contributed by atoms with Gasteiger partial charge in [0, 0.05) is 35.8 Å². The molecule has 0 spiro atoms. The molecule has 21 heavy (non-hydrogen) atoms. The number of piperidine rings is 1. The van der Waals surface area contributed by atoms with Gasteiger partial charge in [-0.15, -0.1) is 0 Å². The topological polar surface area (TPSA) is 24.5 Å². The Morgan fingerprint density at radius 2 is 2.14 bits per heavy atom. The van der Waals surface area contributed by atoms with E-state index in [1.165, 1.54) is 6.42 Å². The second-order valence-corrected chi connectivity index (χ2v) is 6.35. The van der Waals surface area contributed by atoms with E-state index in [1.807, 2.05) is 18.2 Å². The molecule has 3 atom stereocenters. The molecule has 1 aromatic carbocycles. The van der Waals surface area contributed by atoms with Gasteiger partial charge in [0.05, 0.1) is 7.11 Å². The lowest BCUT2D eigenvalue weighted by molar-refractivity contribution is 0.0784. The molecule has 0 bridgehead atoms. The lowest BCUT2D eigenvalue weighted by Crippen LogP contribution is -2.52. The first-order valence-electron chi connectivity index (χ1n) is 7.87. The Balaban J connectivity index is 2.11. The minimum absolute atomic E-state index is 0.531. The van der Waals surface area contributed by atoms with Gasteiger partial charge in [-0.25, -0.2) is 0 Å². The van der Waals surface area contributed by atoms with Crippen LogP contribution in [0.25, 0.3) is 0 Å². The van der Waals surface area contributed by atoms with Crippen molar-refractivity contribution in [1.82, 2.24) is 10.2 Å². The number of nitrogens with one attached hydrogen (secondary N) is 1. The summed E-state index contributed by atoms with van der Waals surface area (Å²) in [5, 5.41) is 4.40. The quantitative estimate of drug-likeness (QED) is 0.900. The first-order chi connectivity index (χ1) is 10.1. The van der Waals surface area contributed by atoms with E-state index in [0.717, 1.165) is 36.0 Å². The molecule has 0 amide bonds. The zero-order valence-electron chi connectivity index (χ0n) is 13.5. The van der Waals surface area contributed by atoms with Crippen molar-refractivity contribution >= 4 is 11.6 Å². The average molecular weight is 311 g/mol. The first kappa shape index (κ1) is 16.6. The Bertz CT molecular complexity index is 466. The molecule has 3 nitrogen and oxygen atoms in total. The van der Waals surface area contributed by atoms with Crippen molar-refractivity contribution in [2.24, 2.45) is 5.92 Å². The number of hydrogen-bond acceptors (Lipinski definition) is 3. The number of halogens is 1. The molecule has 2 rings (SSSR count). The van der Waals surface area contributed by atoms with Gasteiger partial charge in [-0.2, -0.15) is 0 Å². The van der Waals surface area contributed by atoms with Crippen LogP contribution in [0.15, 0.2) is 18.2 Å². The molecule has 118 valence electrons. The normalized spacial score (nSPS) is 26.8. The fourth-order valence-corrected chi connectivity index (χ4v) is 3.53. The fraction of sp³-hybridized carbons (Fsp3) is 0.647. The smallest absolute Gasteiger partial charge is 0.124 e. The largest absolute Gasteiger partial charge is 0.496 e. The maximum absolute atomic E-state index is 6.37. The highest BCUT2D eigenvalue weighted by Gasteiger charge is 2.32. The molecule has 1 aliphatic rings. The Morgan fingerprint density at radius 3 is 2.81 bits per heavy atom.